The molecule has 0 saturated heterocycles. The van der Waals surface area contributed by atoms with Crippen molar-refractivity contribution in [2.45, 2.75) is 43.7 Å². The Hall–Kier alpha value is -1.08. The second-order valence-electron chi connectivity index (χ2n) is 4.75. The Morgan fingerprint density at radius 3 is 2.67 bits per heavy atom. The summed E-state index contributed by atoms with van der Waals surface area (Å²) >= 11 is 0. The van der Waals surface area contributed by atoms with Gasteiger partial charge in [0.25, 0.3) is 10.0 Å². The molecule has 1 saturated carbocycles. The van der Waals surface area contributed by atoms with Crippen molar-refractivity contribution in [2.75, 3.05) is 12.3 Å². The van der Waals surface area contributed by atoms with E-state index in [0.717, 1.165) is 25.7 Å². The number of aryl methyl sites for hydroxylation is 1. The summed E-state index contributed by atoms with van der Waals surface area (Å²) < 4.78 is 28.3. The maximum Gasteiger partial charge on any atom is 0.262 e. The highest BCUT2D eigenvalue weighted by Crippen LogP contribution is 2.33. The molecule has 1 aromatic heterocycles. The van der Waals surface area contributed by atoms with E-state index in [-0.39, 0.29) is 16.9 Å². The second kappa shape index (κ2) is 4.89. The summed E-state index contributed by atoms with van der Waals surface area (Å²) in [5, 5.41) is 0.116. The van der Waals surface area contributed by atoms with Gasteiger partial charge in [-0.3, -0.25) is 0 Å². The Morgan fingerprint density at radius 2 is 2.22 bits per heavy atom. The number of hydrogen-bond acceptors (Lipinski definition) is 4. The number of imidazole rings is 1. The van der Waals surface area contributed by atoms with Crippen LogP contribution in [0.5, 0.6) is 0 Å². The summed E-state index contributed by atoms with van der Waals surface area (Å²) in [7, 11) is -1.87. The first-order chi connectivity index (χ1) is 8.48. The number of nitrogens with two attached hydrogens (primary N) is 1. The van der Waals surface area contributed by atoms with E-state index in [1.165, 1.54) is 10.9 Å². The minimum absolute atomic E-state index is 0.0830. The van der Waals surface area contributed by atoms with Crippen molar-refractivity contribution >= 4 is 15.8 Å². The zero-order valence-corrected chi connectivity index (χ0v) is 11.7. The Labute approximate surface area is 108 Å². The smallest absolute Gasteiger partial charge is 0.262 e. The van der Waals surface area contributed by atoms with Crippen LogP contribution in [0.1, 0.15) is 32.6 Å². The third-order valence-electron chi connectivity index (χ3n) is 3.15. The summed E-state index contributed by atoms with van der Waals surface area (Å²) in [6.45, 7) is 2.62. The van der Waals surface area contributed by atoms with E-state index < -0.39 is 10.0 Å². The van der Waals surface area contributed by atoms with Crippen molar-refractivity contribution < 1.29 is 8.42 Å². The molecule has 0 bridgehead atoms. The highest BCUT2D eigenvalue weighted by molar-refractivity contribution is 7.89. The predicted molar refractivity (Wildman–Crippen MR) is 69.4 cm³/mol. The lowest BCUT2D eigenvalue weighted by atomic mass is 10.3. The van der Waals surface area contributed by atoms with Crippen LogP contribution < -0.4 is 5.73 Å². The van der Waals surface area contributed by atoms with Crippen molar-refractivity contribution in [3.05, 3.63) is 6.33 Å². The summed E-state index contributed by atoms with van der Waals surface area (Å²) in [5.41, 5.74) is 5.68. The number of nitrogen functional groups attached to an aromatic ring is 1. The third-order valence-corrected chi connectivity index (χ3v) is 5.23. The molecule has 0 atom stereocenters. The zero-order chi connectivity index (χ0) is 13.3. The Balaban J connectivity index is 2.33. The van der Waals surface area contributed by atoms with Crippen LogP contribution >= 0.6 is 0 Å². The molecular weight excluding hydrogens is 252 g/mol. The topological polar surface area (TPSA) is 81.2 Å². The molecule has 6 nitrogen and oxygen atoms in total. The molecule has 18 heavy (non-hydrogen) atoms. The van der Waals surface area contributed by atoms with E-state index in [1.54, 1.807) is 11.4 Å². The van der Waals surface area contributed by atoms with Gasteiger partial charge in [0, 0.05) is 19.6 Å². The van der Waals surface area contributed by atoms with Crippen molar-refractivity contribution in [3.8, 4) is 0 Å². The van der Waals surface area contributed by atoms with Crippen molar-refractivity contribution in [2.24, 2.45) is 7.05 Å². The van der Waals surface area contributed by atoms with Gasteiger partial charge < -0.3 is 10.3 Å². The molecule has 0 aromatic carbocycles. The molecule has 7 heteroatoms. The second-order valence-corrected chi connectivity index (χ2v) is 6.55. The average Bonchev–Trinajstić information content (AvgIpc) is 3.05. The van der Waals surface area contributed by atoms with Crippen LogP contribution in [0.25, 0.3) is 0 Å². The van der Waals surface area contributed by atoms with Crippen molar-refractivity contribution in [3.63, 3.8) is 0 Å². The van der Waals surface area contributed by atoms with Gasteiger partial charge in [-0.1, -0.05) is 13.3 Å². The molecule has 0 aliphatic heterocycles. The minimum atomic E-state index is -3.52. The first-order valence-corrected chi connectivity index (χ1v) is 7.71. The monoisotopic (exact) mass is 272 g/mol. The van der Waals surface area contributed by atoms with Crippen molar-refractivity contribution in [1.29, 1.82) is 0 Å². The normalized spacial score (nSPS) is 16.4. The Morgan fingerprint density at radius 1 is 1.56 bits per heavy atom. The number of hydrogen-bond donors (Lipinski definition) is 1. The van der Waals surface area contributed by atoms with E-state index in [1.807, 2.05) is 0 Å². The molecule has 0 amide bonds. The lowest BCUT2D eigenvalue weighted by molar-refractivity contribution is 0.392. The molecule has 1 aromatic rings. The fraction of sp³-hybridized carbons (Fsp3) is 0.727. The summed E-state index contributed by atoms with van der Waals surface area (Å²) in [6.07, 6.45) is 5.17. The highest BCUT2D eigenvalue weighted by Gasteiger charge is 2.39. The number of unbranched alkanes of at least 4 members (excludes halogenated alkanes) is 1. The molecule has 1 aliphatic carbocycles. The molecule has 1 heterocycles. The van der Waals surface area contributed by atoms with E-state index in [0.29, 0.717) is 6.54 Å². The number of aromatic nitrogens is 2. The van der Waals surface area contributed by atoms with E-state index >= 15 is 0 Å². The van der Waals surface area contributed by atoms with Gasteiger partial charge in [0.15, 0.2) is 10.8 Å². The summed E-state index contributed by atoms with van der Waals surface area (Å²) in [5.74, 6) is 0.0830. The van der Waals surface area contributed by atoms with Crippen LogP contribution in [-0.2, 0) is 17.1 Å². The van der Waals surface area contributed by atoms with E-state index in [9.17, 15) is 8.42 Å². The van der Waals surface area contributed by atoms with Gasteiger partial charge >= 0.3 is 0 Å². The summed E-state index contributed by atoms with van der Waals surface area (Å²) in [6, 6.07) is 0.149. The quantitative estimate of drug-likeness (QED) is 0.836. The summed E-state index contributed by atoms with van der Waals surface area (Å²) in [4.78, 5) is 3.86. The van der Waals surface area contributed by atoms with Crippen LogP contribution in [0.3, 0.4) is 0 Å². The van der Waals surface area contributed by atoms with Gasteiger partial charge in [-0.15, -0.1) is 0 Å². The van der Waals surface area contributed by atoms with Gasteiger partial charge in [-0.25, -0.2) is 13.4 Å². The molecule has 102 valence electrons. The number of rotatable bonds is 6. The molecule has 1 aliphatic rings. The van der Waals surface area contributed by atoms with Gasteiger partial charge in [0.05, 0.1) is 6.33 Å². The number of nitrogens with zero attached hydrogens (tertiary/aromatic N) is 3. The third kappa shape index (κ3) is 2.37. The highest BCUT2D eigenvalue weighted by atomic mass is 32.2. The standard InChI is InChI=1S/C11H20N4O2S/c1-3-4-7-15(9-5-6-9)18(16,17)11-10(12)13-8-14(11)2/h8-9H,3-7,12H2,1-2H3. The van der Waals surface area contributed by atoms with E-state index in [2.05, 4.69) is 11.9 Å². The van der Waals surface area contributed by atoms with Gasteiger partial charge in [0.2, 0.25) is 0 Å². The first-order valence-electron chi connectivity index (χ1n) is 6.27. The van der Waals surface area contributed by atoms with E-state index in [4.69, 9.17) is 5.73 Å². The SMILES string of the molecule is CCCCN(C1CC1)S(=O)(=O)c1c(N)ncn1C. The van der Waals surface area contributed by atoms with Crippen LogP contribution in [0, 0.1) is 0 Å². The van der Waals surface area contributed by atoms with Crippen LogP contribution in [0.4, 0.5) is 5.82 Å². The lowest BCUT2D eigenvalue weighted by Crippen LogP contribution is -2.35. The molecule has 2 N–H and O–H groups in total. The maximum absolute atomic E-state index is 12.6. The van der Waals surface area contributed by atoms with Gasteiger partial charge in [0.1, 0.15) is 0 Å². The zero-order valence-electron chi connectivity index (χ0n) is 10.8. The molecular formula is C11H20N4O2S. The lowest BCUT2D eigenvalue weighted by Gasteiger charge is -2.21. The van der Waals surface area contributed by atoms with Crippen LogP contribution in [-0.4, -0.2) is 34.9 Å². The molecule has 1 fully saturated rings. The fourth-order valence-corrected chi connectivity index (χ4v) is 3.96. The molecule has 0 unspecified atom stereocenters. The van der Waals surface area contributed by atoms with Crippen molar-refractivity contribution in [1.82, 2.24) is 13.9 Å². The van der Waals surface area contributed by atoms with Crippen LogP contribution in [0.2, 0.25) is 0 Å². The number of anilines is 1. The Kier molecular flexibility index (Phi) is 3.63. The largest absolute Gasteiger partial charge is 0.381 e. The predicted octanol–water partition coefficient (Wildman–Crippen LogP) is 0.955. The molecule has 0 spiro atoms. The van der Waals surface area contributed by atoms with Gasteiger partial charge in [-0.2, -0.15) is 4.31 Å². The Bertz CT molecular complexity index is 500. The number of sulfonamides is 1. The maximum atomic E-state index is 12.6. The fourth-order valence-electron chi connectivity index (χ4n) is 2.04. The average molecular weight is 272 g/mol. The first kappa shape index (κ1) is 13.4. The van der Waals surface area contributed by atoms with Gasteiger partial charge in [-0.05, 0) is 19.3 Å². The van der Waals surface area contributed by atoms with Crippen LogP contribution in [0.15, 0.2) is 11.4 Å². The molecule has 0 radical (unpaired) electrons. The minimum Gasteiger partial charge on any atom is -0.381 e. The molecule has 2 rings (SSSR count).